The maximum absolute atomic E-state index is 3.11. The smallest absolute Gasteiger partial charge is 0.119 e. The maximum atomic E-state index is 3.11. The van der Waals surface area contributed by atoms with Crippen LogP contribution >= 0.6 is 0 Å². The quantitative estimate of drug-likeness (QED) is 0.419. The van der Waals surface area contributed by atoms with Crippen molar-refractivity contribution in [3.8, 4) is 0 Å². The molecule has 0 aliphatic rings. The van der Waals surface area contributed by atoms with Gasteiger partial charge in [-0.3, -0.25) is 0 Å². The summed E-state index contributed by atoms with van der Waals surface area (Å²) in [5, 5.41) is 3.11. The molecule has 0 saturated carbocycles. The van der Waals surface area contributed by atoms with Crippen molar-refractivity contribution in [1.29, 1.82) is 0 Å². The summed E-state index contributed by atoms with van der Waals surface area (Å²) in [7, 11) is 2.10. The highest BCUT2D eigenvalue weighted by atomic mass is 14.8. The van der Waals surface area contributed by atoms with Gasteiger partial charge in [-0.25, -0.2) is 0 Å². The van der Waals surface area contributed by atoms with Crippen LogP contribution in [0.1, 0.15) is 6.92 Å². The fourth-order valence-corrected chi connectivity index (χ4v) is 0.250. The van der Waals surface area contributed by atoms with Crippen molar-refractivity contribution in [2.75, 3.05) is 13.0 Å². The lowest BCUT2D eigenvalue weighted by Gasteiger charge is -1.86. The highest BCUT2D eigenvalue weighted by Crippen LogP contribution is 1.42. The van der Waals surface area contributed by atoms with Crippen molar-refractivity contribution < 1.29 is 0 Å². The highest BCUT2D eigenvalue weighted by molar-refractivity contribution is 6.08. The van der Waals surface area contributed by atoms with Gasteiger partial charge in [0.1, 0.15) is 7.85 Å². The molecule has 2 heteroatoms. The second-order valence-corrected chi connectivity index (χ2v) is 0.957. The summed E-state index contributed by atoms with van der Waals surface area (Å²) in [6, 6.07) is 0. The second kappa shape index (κ2) is 4.02. The molecular formula is C3H10BN. The molecule has 0 heterocycles. The van der Waals surface area contributed by atoms with Crippen LogP contribution in [0.3, 0.4) is 0 Å². The topological polar surface area (TPSA) is 12.0 Å². The van der Waals surface area contributed by atoms with E-state index in [0.717, 1.165) is 13.0 Å². The molecule has 0 aromatic heterocycles. The SMILES string of the molecule is BCNCC. The molecule has 0 saturated heterocycles. The first kappa shape index (κ1) is 5.02. The van der Waals surface area contributed by atoms with E-state index in [2.05, 4.69) is 20.1 Å². The summed E-state index contributed by atoms with van der Waals surface area (Å²) >= 11 is 0. The Morgan fingerprint density at radius 3 is 2.40 bits per heavy atom. The van der Waals surface area contributed by atoms with E-state index in [-0.39, 0.29) is 0 Å². The Morgan fingerprint density at radius 2 is 2.40 bits per heavy atom. The van der Waals surface area contributed by atoms with Gasteiger partial charge >= 0.3 is 0 Å². The lowest BCUT2D eigenvalue weighted by Crippen LogP contribution is -2.12. The van der Waals surface area contributed by atoms with Crippen LogP contribution < -0.4 is 5.32 Å². The standard InChI is InChI=1S/C3H10BN/c1-2-5-3-4/h5H,2-4H2,1H3. The average molecular weight is 70.9 g/mol. The van der Waals surface area contributed by atoms with Crippen LogP contribution in [0.15, 0.2) is 0 Å². The Balaban J connectivity index is 2.19. The number of nitrogens with one attached hydrogen (secondary N) is 1. The second-order valence-electron chi connectivity index (χ2n) is 0.957. The number of rotatable bonds is 2. The van der Waals surface area contributed by atoms with E-state index in [0.29, 0.717) is 0 Å². The van der Waals surface area contributed by atoms with Crippen molar-refractivity contribution in [3.05, 3.63) is 0 Å². The number of hydrogen-bond donors (Lipinski definition) is 1. The summed E-state index contributed by atoms with van der Waals surface area (Å²) in [5.74, 6) is 0. The van der Waals surface area contributed by atoms with Gasteiger partial charge in [0.05, 0.1) is 0 Å². The van der Waals surface area contributed by atoms with Crippen molar-refractivity contribution in [2.24, 2.45) is 0 Å². The van der Waals surface area contributed by atoms with Gasteiger partial charge in [-0.2, -0.15) is 0 Å². The molecular weight excluding hydrogens is 60.9 g/mol. The van der Waals surface area contributed by atoms with E-state index in [1.165, 1.54) is 0 Å². The average Bonchev–Trinajstić information content (AvgIpc) is 1.41. The summed E-state index contributed by atoms with van der Waals surface area (Å²) < 4.78 is 0. The van der Waals surface area contributed by atoms with Gasteiger partial charge in [0.2, 0.25) is 0 Å². The fourth-order valence-electron chi connectivity index (χ4n) is 0.250. The first-order valence-electron chi connectivity index (χ1n) is 2.12. The first-order chi connectivity index (χ1) is 2.41. The van der Waals surface area contributed by atoms with E-state index in [9.17, 15) is 0 Å². The Bertz CT molecular complexity index is 14.4. The van der Waals surface area contributed by atoms with E-state index in [1.54, 1.807) is 0 Å². The van der Waals surface area contributed by atoms with E-state index in [1.807, 2.05) is 0 Å². The fraction of sp³-hybridized carbons (Fsp3) is 1.00. The molecule has 1 N–H and O–H groups in total. The molecule has 1 nitrogen and oxygen atoms in total. The van der Waals surface area contributed by atoms with E-state index < -0.39 is 0 Å². The summed E-state index contributed by atoms with van der Waals surface area (Å²) in [6.07, 6.45) is 1.09. The molecule has 30 valence electrons. The molecule has 0 atom stereocenters. The molecule has 0 unspecified atom stereocenters. The lowest BCUT2D eigenvalue weighted by molar-refractivity contribution is 0.834. The highest BCUT2D eigenvalue weighted by Gasteiger charge is 1.63. The monoisotopic (exact) mass is 71.1 g/mol. The first-order valence-corrected chi connectivity index (χ1v) is 2.12. The zero-order valence-corrected chi connectivity index (χ0v) is 3.91. The largest absolute Gasteiger partial charge is 0.325 e. The molecule has 0 fully saturated rings. The summed E-state index contributed by atoms with van der Waals surface area (Å²) in [6.45, 7) is 3.19. The Morgan fingerprint density at radius 1 is 1.80 bits per heavy atom. The molecule has 5 heavy (non-hydrogen) atoms. The Hall–Kier alpha value is 0.0249. The maximum Gasteiger partial charge on any atom is 0.119 e. The molecule has 0 aliphatic carbocycles. The van der Waals surface area contributed by atoms with Crippen LogP contribution in [0.25, 0.3) is 0 Å². The molecule has 0 amide bonds. The van der Waals surface area contributed by atoms with Crippen LogP contribution in [0.2, 0.25) is 0 Å². The number of hydrogen-bond acceptors (Lipinski definition) is 1. The lowest BCUT2D eigenvalue weighted by atomic mass is 10.2. The third-order valence-corrected chi connectivity index (χ3v) is 0.500. The molecule has 0 rings (SSSR count). The van der Waals surface area contributed by atoms with Crippen LogP contribution in [0.4, 0.5) is 0 Å². The van der Waals surface area contributed by atoms with Gasteiger partial charge in [-0.1, -0.05) is 6.92 Å². The molecule has 0 aromatic carbocycles. The van der Waals surface area contributed by atoms with Crippen molar-refractivity contribution in [1.82, 2.24) is 5.32 Å². The van der Waals surface area contributed by atoms with Gasteiger partial charge in [0.15, 0.2) is 0 Å². The summed E-state index contributed by atoms with van der Waals surface area (Å²) in [5.41, 5.74) is 0. The van der Waals surface area contributed by atoms with Gasteiger partial charge < -0.3 is 5.32 Å². The predicted molar refractivity (Wildman–Crippen MR) is 27.1 cm³/mol. The minimum atomic E-state index is 1.09. The minimum absolute atomic E-state index is 1.09. The molecule has 0 aromatic rings. The molecule has 0 aliphatic heterocycles. The van der Waals surface area contributed by atoms with E-state index in [4.69, 9.17) is 0 Å². The van der Waals surface area contributed by atoms with Crippen LogP contribution in [0.5, 0.6) is 0 Å². The van der Waals surface area contributed by atoms with Crippen molar-refractivity contribution >= 4 is 7.85 Å². The van der Waals surface area contributed by atoms with E-state index >= 15 is 0 Å². The Labute approximate surface area is 34.2 Å². The van der Waals surface area contributed by atoms with Crippen LogP contribution in [-0.2, 0) is 0 Å². The zero-order chi connectivity index (χ0) is 4.12. The molecule has 0 spiro atoms. The minimum Gasteiger partial charge on any atom is -0.325 e. The Kier molecular flexibility index (Phi) is 4.05. The van der Waals surface area contributed by atoms with Gasteiger partial charge in [-0.05, 0) is 13.0 Å². The van der Waals surface area contributed by atoms with Gasteiger partial charge in [-0.15, -0.1) is 0 Å². The molecule has 0 radical (unpaired) electrons. The molecule has 0 bridgehead atoms. The normalized spacial score (nSPS) is 8.20. The van der Waals surface area contributed by atoms with Gasteiger partial charge in [0.25, 0.3) is 0 Å². The predicted octanol–water partition coefficient (Wildman–Crippen LogP) is -0.814. The van der Waals surface area contributed by atoms with Crippen LogP contribution in [0, 0.1) is 0 Å². The van der Waals surface area contributed by atoms with Crippen molar-refractivity contribution in [2.45, 2.75) is 6.92 Å². The third kappa shape index (κ3) is 4.02. The van der Waals surface area contributed by atoms with Gasteiger partial charge in [0, 0.05) is 0 Å². The zero-order valence-electron chi connectivity index (χ0n) is 3.91. The van der Waals surface area contributed by atoms with Crippen molar-refractivity contribution in [3.63, 3.8) is 0 Å². The summed E-state index contributed by atoms with van der Waals surface area (Å²) in [4.78, 5) is 0. The third-order valence-electron chi connectivity index (χ3n) is 0.500. The van der Waals surface area contributed by atoms with Crippen LogP contribution in [-0.4, -0.2) is 20.8 Å².